The summed E-state index contributed by atoms with van der Waals surface area (Å²) in [7, 11) is 0. The number of hydrogen-bond acceptors (Lipinski definition) is 6. The Morgan fingerprint density at radius 1 is 1.50 bits per heavy atom. The number of rotatable bonds is 4. The number of nitrogens with one attached hydrogen (secondary N) is 1. The smallest absolute Gasteiger partial charge is 0.347 e. The van der Waals surface area contributed by atoms with Crippen LogP contribution in [0, 0.1) is 0 Å². The monoisotopic (exact) mass is 236 g/mol. The van der Waals surface area contributed by atoms with Gasteiger partial charge in [0.05, 0.1) is 18.4 Å². The van der Waals surface area contributed by atoms with Gasteiger partial charge < -0.3 is 10.4 Å². The van der Waals surface area contributed by atoms with E-state index < -0.39 is 5.97 Å². The molecule has 0 bridgehead atoms. The van der Waals surface area contributed by atoms with Crippen LogP contribution in [0.1, 0.15) is 15.4 Å². The topological polar surface area (TPSA) is 88.0 Å². The number of anilines is 1. The molecule has 2 N–H and O–H groups in total. The molecule has 0 spiro atoms. The van der Waals surface area contributed by atoms with Crippen molar-refractivity contribution in [2.24, 2.45) is 0 Å². The molecule has 16 heavy (non-hydrogen) atoms. The number of carbonyl (C=O) groups is 1. The first-order valence-electron chi connectivity index (χ1n) is 4.43. The molecule has 82 valence electrons. The van der Waals surface area contributed by atoms with Gasteiger partial charge in [-0.15, -0.1) is 0 Å². The predicted octanol–water partition coefficient (Wildman–Crippen LogP) is 1.24. The Balaban J connectivity index is 1.97. The number of hydrogen-bond donors (Lipinski definition) is 2. The van der Waals surface area contributed by atoms with Crippen molar-refractivity contribution in [2.75, 3.05) is 5.32 Å². The first kappa shape index (κ1) is 10.5. The lowest BCUT2D eigenvalue weighted by Crippen LogP contribution is -2.00. The minimum Gasteiger partial charge on any atom is -0.477 e. The molecule has 2 aromatic heterocycles. The molecule has 0 saturated carbocycles. The van der Waals surface area contributed by atoms with Crippen molar-refractivity contribution in [2.45, 2.75) is 6.54 Å². The average Bonchev–Trinajstić information content (AvgIpc) is 2.76. The van der Waals surface area contributed by atoms with Gasteiger partial charge in [-0.05, 0) is 6.07 Å². The Kier molecular flexibility index (Phi) is 3.06. The fourth-order valence-electron chi connectivity index (χ4n) is 1.04. The van der Waals surface area contributed by atoms with E-state index in [2.05, 4.69) is 20.3 Å². The maximum atomic E-state index is 10.6. The van der Waals surface area contributed by atoms with Gasteiger partial charge in [0.25, 0.3) is 0 Å². The van der Waals surface area contributed by atoms with Crippen molar-refractivity contribution in [3.05, 3.63) is 35.4 Å². The Bertz CT molecular complexity index is 485. The molecule has 0 aliphatic heterocycles. The molecular weight excluding hydrogens is 228 g/mol. The third-order valence-corrected chi connectivity index (χ3v) is 2.72. The SMILES string of the molecule is O=C(O)c1cnc(NCc2ccncn2)s1. The Morgan fingerprint density at radius 2 is 2.38 bits per heavy atom. The highest BCUT2D eigenvalue weighted by atomic mass is 32.1. The van der Waals surface area contributed by atoms with Gasteiger partial charge in [0.1, 0.15) is 11.2 Å². The van der Waals surface area contributed by atoms with Crippen LogP contribution >= 0.6 is 11.3 Å². The van der Waals surface area contributed by atoms with Gasteiger partial charge in [0.2, 0.25) is 0 Å². The summed E-state index contributed by atoms with van der Waals surface area (Å²) in [5, 5.41) is 12.3. The number of carboxylic acid groups (broad SMARTS) is 1. The van der Waals surface area contributed by atoms with Crippen molar-refractivity contribution in [3.63, 3.8) is 0 Å². The zero-order valence-corrected chi connectivity index (χ0v) is 8.94. The standard InChI is InChI=1S/C9H8N4O2S/c14-8(15)7-4-12-9(16-7)11-3-6-1-2-10-5-13-6/h1-2,4-5H,3H2,(H,11,12)(H,14,15). The van der Waals surface area contributed by atoms with Crippen molar-refractivity contribution >= 4 is 22.4 Å². The second-order valence-corrected chi connectivity index (χ2v) is 3.92. The number of aromatic nitrogens is 3. The van der Waals surface area contributed by atoms with Crippen LogP contribution in [0.15, 0.2) is 24.8 Å². The van der Waals surface area contributed by atoms with Crippen LogP contribution < -0.4 is 5.32 Å². The zero-order valence-electron chi connectivity index (χ0n) is 8.12. The molecule has 0 aromatic carbocycles. The molecule has 0 fully saturated rings. The molecule has 2 aromatic rings. The van der Waals surface area contributed by atoms with Gasteiger partial charge in [-0.1, -0.05) is 11.3 Å². The average molecular weight is 236 g/mol. The molecule has 0 saturated heterocycles. The lowest BCUT2D eigenvalue weighted by molar-refractivity contribution is 0.0702. The molecule has 2 heterocycles. The van der Waals surface area contributed by atoms with E-state index in [1.165, 1.54) is 12.5 Å². The molecule has 7 heteroatoms. The van der Waals surface area contributed by atoms with Gasteiger partial charge >= 0.3 is 5.97 Å². The van der Waals surface area contributed by atoms with E-state index >= 15 is 0 Å². The third-order valence-electron chi connectivity index (χ3n) is 1.78. The van der Waals surface area contributed by atoms with Gasteiger partial charge in [-0.3, -0.25) is 0 Å². The summed E-state index contributed by atoms with van der Waals surface area (Å²) in [6.07, 6.45) is 4.44. The highest BCUT2D eigenvalue weighted by molar-refractivity contribution is 7.17. The molecule has 6 nitrogen and oxygen atoms in total. The number of nitrogens with zero attached hydrogens (tertiary/aromatic N) is 3. The minimum absolute atomic E-state index is 0.213. The quantitative estimate of drug-likeness (QED) is 0.830. The van der Waals surface area contributed by atoms with Crippen LogP contribution in [0.5, 0.6) is 0 Å². The molecule has 0 atom stereocenters. The van der Waals surface area contributed by atoms with Gasteiger partial charge in [-0.2, -0.15) is 0 Å². The Morgan fingerprint density at radius 3 is 3.00 bits per heavy atom. The molecule has 0 amide bonds. The second-order valence-electron chi connectivity index (χ2n) is 2.89. The van der Waals surface area contributed by atoms with E-state index in [4.69, 9.17) is 5.11 Å². The number of carboxylic acids is 1. The summed E-state index contributed by atoms with van der Waals surface area (Å²) in [5.41, 5.74) is 0.821. The van der Waals surface area contributed by atoms with E-state index in [1.807, 2.05) is 0 Å². The molecule has 0 unspecified atom stereocenters. The molecule has 2 rings (SSSR count). The first-order valence-corrected chi connectivity index (χ1v) is 5.25. The Labute approximate surface area is 95.0 Å². The largest absolute Gasteiger partial charge is 0.477 e. The highest BCUT2D eigenvalue weighted by Gasteiger charge is 2.07. The number of aromatic carboxylic acids is 1. The molecule has 0 aliphatic carbocycles. The van der Waals surface area contributed by atoms with Crippen LogP contribution in [-0.4, -0.2) is 26.0 Å². The van der Waals surface area contributed by atoms with Gasteiger partial charge in [0.15, 0.2) is 5.13 Å². The zero-order chi connectivity index (χ0) is 11.4. The summed E-state index contributed by atoms with van der Waals surface area (Å²) in [5.74, 6) is -0.965. The summed E-state index contributed by atoms with van der Waals surface area (Å²) < 4.78 is 0. The van der Waals surface area contributed by atoms with Crippen molar-refractivity contribution < 1.29 is 9.90 Å². The van der Waals surface area contributed by atoms with Crippen molar-refractivity contribution in [3.8, 4) is 0 Å². The maximum Gasteiger partial charge on any atom is 0.347 e. The molecule has 0 radical (unpaired) electrons. The second kappa shape index (κ2) is 4.67. The minimum atomic E-state index is -0.965. The van der Waals surface area contributed by atoms with Crippen LogP contribution in [-0.2, 0) is 6.54 Å². The van der Waals surface area contributed by atoms with Crippen LogP contribution in [0.4, 0.5) is 5.13 Å². The maximum absolute atomic E-state index is 10.6. The number of thiazole rings is 1. The van der Waals surface area contributed by atoms with E-state index in [9.17, 15) is 4.79 Å². The highest BCUT2D eigenvalue weighted by Crippen LogP contribution is 2.18. The van der Waals surface area contributed by atoms with E-state index in [0.717, 1.165) is 17.0 Å². The Hall–Kier alpha value is -2.02. The van der Waals surface area contributed by atoms with E-state index in [0.29, 0.717) is 11.7 Å². The van der Waals surface area contributed by atoms with Gasteiger partial charge in [0, 0.05) is 6.20 Å². The van der Waals surface area contributed by atoms with E-state index in [-0.39, 0.29) is 4.88 Å². The van der Waals surface area contributed by atoms with Crippen molar-refractivity contribution in [1.29, 1.82) is 0 Å². The van der Waals surface area contributed by atoms with Gasteiger partial charge in [-0.25, -0.2) is 19.7 Å². The normalized spacial score (nSPS) is 10.0. The van der Waals surface area contributed by atoms with Crippen LogP contribution in [0.3, 0.4) is 0 Å². The lowest BCUT2D eigenvalue weighted by atomic mass is 10.4. The summed E-state index contributed by atoms with van der Waals surface area (Å²) >= 11 is 1.10. The first-order chi connectivity index (χ1) is 7.75. The van der Waals surface area contributed by atoms with E-state index in [1.54, 1.807) is 12.3 Å². The predicted molar refractivity (Wildman–Crippen MR) is 58.4 cm³/mol. The lowest BCUT2D eigenvalue weighted by Gasteiger charge is -2.00. The summed E-state index contributed by atoms with van der Waals surface area (Å²) in [6.45, 7) is 0.495. The molecule has 0 aliphatic rings. The van der Waals surface area contributed by atoms with Crippen molar-refractivity contribution in [1.82, 2.24) is 15.0 Å². The fourth-order valence-corrected chi connectivity index (χ4v) is 1.69. The van der Waals surface area contributed by atoms with Crippen LogP contribution in [0.2, 0.25) is 0 Å². The molecular formula is C9H8N4O2S. The summed E-state index contributed by atoms with van der Waals surface area (Å²) in [4.78, 5) is 22.6. The van der Waals surface area contributed by atoms with Crippen LogP contribution in [0.25, 0.3) is 0 Å². The third kappa shape index (κ3) is 2.51. The summed E-state index contributed by atoms with van der Waals surface area (Å²) in [6, 6.07) is 1.78. The fraction of sp³-hybridized carbons (Fsp3) is 0.111.